The maximum Gasteiger partial charge on any atom is 0.318 e. The lowest BCUT2D eigenvalue weighted by atomic mass is 10.1. The smallest absolute Gasteiger partial charge is 0.318 e. The van der Waals surface area contributed by atoms with E-state index >= 15 is 0 Å². The Labute approximate surface area is 96.4 Å². The Kier molecular flexibility index (Phi) is 2.70. The summed E-state index contributed by atoms with van der Waals surface area (Å²) in [7, 11) is 0. The van der Waals surface area contributed by atoms with Gasteiger partial charge >= 0.3 is 5.69 Å². The number of anilines is 1. The third kappa shape index (κ3) is 2.05. The number of carbonyl (C=O) groups is 1. The highest BCUT2D eigenvalue weighted by Crippen LogP contribution is 2.31. The van der Waals surface area contributed by atoms with Gasteiger partial charge in [0.1, 0.15) is 11.2 Å². The predicted molar refractivity (Wildman–Crippen MR) is 62.7 cm³/mol. The van der Waals surface area contributed by atoms with Gasteiger partial charge in [-0.3, -0.25) is 14.9 Å². The average Bonchev–Trinajstić information content (AvgIpc) is 2.27. The molecular formula is C11H9N3O3. The number of aromatic nitrogens is 1. The highest BCUT2D eigenvalue weighted by Gasteiger charge is 2.19. The molecule has 0 fully saturated rings. The predicted octanol–water partition coefficient (Wildman–Crippen LogP) is 2.10. The number of carbonyl (C=O) groups excluding carboxylic acids is 1. The van der Waals surface area contributed by atoms with Crippen LogP contribution in [0.15, 0.2) is 30.5 Å². The summed E-state index contributed by atoms with van der Waals surface area (Å²) in [6.45, 7) is 1.30. The van der Waals surface area contributed by atoms with Crippen molar-refractivity contribution in [1.29, 1.82) is 0 Å². The molecule has 1 aromatic heterocycles. The van der Waals surface area contributed by atoms with Crippen molar-refractivity contribution in [3.8, 4) is 0 Å². The fourth-order valence-electron chi connectivity index (χ4n) is 1.61. The zero-order valence-electron chi connectivity index (χ0n) is 9.01. The van der Waals surface area contributed by atoms with Crippen molar-refractivity contribution in [3.05, 3.63) is 40.6 Å². The van der Waals surface area contributed by atoms with E-state index in [0.29, 0.717) is 5.39 Å². The van der Waals surface area contributed by atoms with E-state index < -0.39 is 4.92 Å². The van der Waals surface area contributed by atoms with E-state index in [4.69, 9.17) is 0 Å². The molecule has 17 heavy (non-hydrogen) atoms. The molecule has 2 aromatic rings. The fraction of sp³-hybridized carbons (Fsp3) is 0.0909. The van der Waals surface area contributed by atoms with E-state index in [1.54, 1.807) is 18.2 Å². The number of hydrogen-bond acceptors (Lipinski definition) is 4. The van der Waals surface area contributed by atoms with Gasteiger partial charge in [0.25, 0.3) is 0 Å². The van der Waals surface area contributed by atoms with Crippen LogP contribution in [0.4, 0.5) is 11.4 Å². The Morgan fingerprint density at radius 2 is 2.18 bits per heavy atom. The quantitative estimate of drug-likeness (QED) is 0.633. The maximum absolute atomic E-state index is 11.0. The van der Waals surface area contributed by atoms with E-state index in [-0.39, 0.29) is 22.8 Å². The van der Waals surface area contributed by atoms with Crippen LogP contribution >= 0.6 is 0 Å². The van der Waals surface area contributed by atoms with Gasteiger partial charge in [0.15, 0.2) is 0 Å². The number of nitrogens with one attached hydrogen (secondary N) is 1. The summed E-state index contributed by atoms with van der Waals surface area (Å²) >= 11 is 0. The van der Waals surface area contributed by atoms with Gasteiger partial charge in [-0.15, -0.1) is 0 Å². The number of rotatable bonds is 2. The molecule has 0 atom stereocenters. The third-order valence-electron chi connectivity index (χ3n) is 2.24. The standard InChI is InChI=1S/C11H9N3O3/c1-7(15)13-9-5-4-8-3-2-6-12-10(8)11(9)14(16)17/h2-6H,1H3,(H,13,15). The van der Waals surface area contributed by atoms with Crippen molar-refractivity contribution >= 4 is 28.2 Å². The molecule has 1 amide bonds. The minimum Gasteiger partial charge on any atom is -0.321 e. The van der Waals surface area contributed by atoms with Crippen LogP contribution in [0.5, 0.6) is 0 Å². The molecule has 0 saturated carbocycles. The molecule has 0 bridgehead atoms. The summed E-state index contributed by atoms with van der Waals surface area (Å²) in [5, 5.41) is 14.1. The molecule has 6 nitrogen and oxygen atoms in total. The first-order chi connectivity index (χ1) is 8.09. The Morgan fingerprint density at radius 1 is 1.41 bits per heavy atom. The van der Waals surface area contributed by atoms with Crippen molar-refractivity contribution in [2.75, 3.05) is 5.32 Å². The number of pyridine rings is 1. The number of amides is 1. The number of benzene rings is 1. The van der Waals surface area contributed by atoms with Crippen LogP contribution < -0.4 is 5.32 Å². The van der Waals surface area contributed by atoms with Crippen molar-refractivity contribution in [2.24, 2.45) is 0 Å². The Bertz CT molecular complexity index is 610. The van der Waals surface area contributed by atoms with Crippen molar-refractivity contribution in [3.63, 3.8) is 0 Å². The monoisotopic (exact) mass is 231 g/mol. The van der Waals surface area contributed by atoms with Gasteiger partial charge in [-0.1, -0.05) is 12.1 Å². The maximum atomic E-state index is 11.0. The van der Waals surface area contributed by atoms with Crippen LogP contribution in [-0.4, -0.2) is 15.8 Å². The van der Waals surface area contributed by atoms with Crippen LogP contribution in [0, 0.1) is 10.1 Å². The summed E-state index contributed by atoms with van der Waals surface area (Å²) in [5.41, 5.74) is 0.246. The Balaban J connectivity index is 2.72. The second kappa shape index (κ2) is 4.17. The number of hydrogen-bond donors (Lipinski definition) is 1. The molecule has 0 aliphatic heterocycles. The van der Waals surface area contributed by atoms with Gasteiger partial charge in [-0.2, -0.15) is 0 Å². The van der Waals surface area contributed by atoms with E-state index in [2.05, 4.69) is 10.3 Å². The number of fused-ring (bicyclic) bond motifs is 1. The minimum absolute atomic E-state index is 0.161. The van der Waals surface area contributed by atoms with Crippen LogP contribution in [0.25, 0.3) is 10.9 Å². The first-order valence-corrected chi connectivity index (χ1v) is 4.89. The highest BCUT2D eigenvalue weighted by molar-refractivity contribution is 5.99. The summed E-state index contributed by atoms with van der Waals surface area (Å²) in [5.74, 6) is -0.358. The topological polar surface area (TPSA) is 85.1 Å². The first-order valence-electron chi connectivity index (χ1n) is 4.89. The van der Waals surface area contributed by atoms with Crippen LogP contribution in [0.2, 0.25) is 0 Å². The second-order valence-corrected chi connectivity index (χ2v) is 3.48. The summed E-state index contributed by atoms with van der Waals surface area (Å²) < 4.78 is 0. The summed E-state index contributed by atoms with van der Waals surface area (Å²) in [6, 6.07) is 6.61. The van der Waals surface area contributed by atoms with Gasteiger partial charge in [0, 0.05) is 18.5 Å². The minimum atomic E-state index is -0.541. The highest BCUT2D eigenvalue weighted by atomic mass is 16.6. The van der Waals surface area contributed by atoms with Crippen LogP contribution in [0.3, 0.4) is 0 Å². The van der Waals surface area contributed by atoms with Gasteiger partial charge in [-0.25, -0.2) is 4.98 Å². The van der Waals surface area contributed by atoms with Gasteiger partial charge in [0.05, 0.1) is 4.92 Å². The molecule has 0 spiro atoms. The van der Waals surface area contributed by atoms with Crippen molar-refractivity contribution in [2.45, 2.75) is 6.92 Å². The fourth-order valence-corrected chi connectivity index (χ4v) is 1.61. The van der Waals surface area contributed by atoms with Crippen LogP contribution in [-0.2, 0) is 4.79 Å². The molecule has 0 saturated heterocycles. The zero-order chi connectivity index (χ0) is 12.4. The molecule has 1 heterocycles. The third-order valence-corrected chi connectivity index (χ3v) is 2.24. The molecule has 1 aromatic carbocycles. The van der Waals surface area contributed by atoms with Crippen molar-refractivity contribution < 1.29 is 9.72 Å². The zero-order valence-corrected chi connectivity index (χ0v) is 9.01. The molecule has 6 heteroatoms. The first kappa shape index (κ1) is 11.0. The lowest BCUT2D eigenvalue weighted by Crippen LogP contribution is -2.08. The Morgan fingerprint density at radius 3 is 2.82 bits per heavy atom. The van der Waals surface area contributed by atoms with Crippen LogP contribution in [0.1, 0.15) is 6.92 Å². The number of nitro groups is 1. The van der Waals surface area contributed by atoms with Gasteiger partial charge < -0.3 is 5.32 Å². The molecule has 0 unspecified atom stereocenters. The van der Waals surface area contributed by atoms with E-state index in [1.807, 2.05) is 0 Å². The van der Waals surface area contributed by atoms with E-state index in [9.17, 15) is 14.9 Å². The molecule has 86 valence electrons. The molecule has 0 aliphatic rings. The number of nitro benzene ring substituents is 1. The summed E-state index contributed by atoms with van der Waals surface area (Å²) in [6.07, 6.45) is 1.48. The molecular weight excluding hydrogens is 222 g/mol. The molecule has 2 rings (SSSR count). The number of nitrogens with zero attached hydrogens (tertiary/aromatic N) is 2. The van der Waals surface area contributed by atoms with Gasteiger partial charge in [0.2, 0.25) is 5.91 Å². The molecule has 0 radical (unpaired) electrons. The lowest BCUT2D eigenvalue weighted by molar-refractivity contribution is -0.382. The lowest BCUT2D eigenvalue weighted by Gasteiger charge is -2.05. The van der Waals surface area contributed by atoms with E-state index in [0.717, 1.165) is 0 Å². The van der Waals surface area contributed by atoms with E-state index in [1.165, 1.54) is 19.2 Å². The van der Waals surface area contributed by atoms with Gasteiger partial charge in [-0.05, 0) is 12.1 Å². The SMILES string of the molecule is CC(=O)Nc1ccc2cccnc2c1[N+](=O)[O-]. The normalized spacial score (nSPS) is 10.2. The molecule has 1 N–H and O–H groups in total. The Hall–Kier alpha value is -2.50. The molecule has 0 aliphatic carbocycles. The van der Waals surface area contributed by atoms with Crippen molar-refractivity contribution in [1.82, 2.24) is 4.98 Å². The second-order valence-electron chi connectivity index (χ2n) is 3.48. The average molecular weight is 231 g/mol. The summed E-state index contributed by atoms with van der Waals surface area (Å²) in [4.78, 5) is 25.4. The largest absolute Gasteiger partial charge is 0.321 e.